The maximum Gasteiger partial charge on any atom is 0.320 e. The van der Waals surface area contributed by atoms with E-state index in [1.807, 2.05) is 18.2 Å². The first-order chi connectivity index (χ1) is 10.6. The fourth-order valence-corrected chi connectivity index (χ4v) is 3.38. The van der Waals surface area contributed by atoms with Crippen molar-refractivity contribution >= 4 is 5.97 Å². The van der Waals surface area contributed by atoms with Gasteiger partial charge in [0.25, 0.3) is 0 Å². The summed E-state index contributed by atoms with van der Waals surface area (Å²) < 4.78 is 0. The molecule has 1 N–H and O–H groups in total. The summed E-state index contributed by atoms with van der Waals surface area (Å²) >= 11 is 0. The van der Waals surface area contributed by atoms with Crippen LogP contribution in [0.4, 0.5) is 0 Å². The van der Waals surface area contributed by atoms with Gasteiger partial charge in [0, 0.05) is 6.54 Å². The lowest BCUT2D eigenvalue weighted by Gasteiger charge is -2.40. The van der Waals surface area contributed by atoms with Gasteiger partial charge in [-0.05, 0) is 42.5 Å². The Morgan fingerprint density at radius 1 is 1.14 bits per heavy atom. The van der Waals surface area contributed by atoms with Gasteiger partial charge in [0.2, 0.25) is 0 Å². The van der Waals surface area contributed by atoms with Gasteiger partial charge in [-0.3, -0.25) is 9.69 Å². The van der Waals surface area contributed by atoms with Gasteiger partial charge in [0.15, 0.2) is 0 Å². The normalized spacial score (nSPS) is 19.5. The van der Waals surface area contributed by atoms with Crippen LogP contribution in [0.2, 0.25) is 0 Å². The second kappa shape index (κ2) is 5.93. The summed E-state index contributed by atoms with van der Waals surface area (Å²) in [6, 6.07) is 16.2. The maximum absolute atomic E-state index is 11.5. The predicted octanol–water partition coefficient (Wildman–Crippen LogP) is 3.42. The van der Waals surface area contributed by atoms with Crippen LogP contribution in [0.25, 0.3) is 0 Å². The summed E-state index contributed by atoms with van der Waals surface area (Å²) in [6.07, 6.45) is 0.899. The van der Waals surface area contributed by atoms with Crippen LogP contribution in [0.15, 0.2) is 48.5 Å². The number of benzene rings is 2. The number of nitrogens with zero attached hydrogens (tertiary/aromatic N) is 1. The highest BCUT2D eigenvalue weighted by Gasteiger charge is 2.34. The van der Waals surface area contributed by atoms with Crippen molar-refractivity contribution in [3.63, 3.8) is 0 Å². The summed E-state index contributed by atoms with van der Waals surface area (Å²) in [5.41, 5.74) is 4.95. The monoisotopic (exact) mass is 295 g/mol. The van der Waals surface area contributed by atoms with Crippen LogP contribution in [0, 0.1) is 6.92 Å². The number of carbonyl (C=O) groups is 1. The third kappa shape index (κ3) is 2.53. The summed E-state index contributed by atoms with van der Waals surface area (Å²) in [5, 5.41) is 9.47. The highest BCUT2D eigenvalue weighted by atomic mass is 16.4. The van der Waals surface area contributed by atoms with Crippen molar-refractivity contribution in [2.45, 2.75) is 32.4 Å². The summed E-state index contributed by atoms with van der Waals surface area (Å²) in [6.45, 7) is 4.64. The summed E-state index contributed by atoms with van der Waals surface area (Å²) in [7, 11) is 0. The van der Waals surface area contributed by atoms with Gasteiger partial charge >= 0.3 is 5.97 Å². The molecule has 2 atom stereocenters. The van der Waals surface area contributed by atoms with E-state index in [1.165, 1.54) is 22.3 Å². The molecule has 0 spiro atoms. The average Bonchev–Trinajstić information content (AvgIpc) is 2.53. The molecular formula is C19H21NO2. The Morgan fingerprint density at radius 3 is 2.45 bits per heavy atom. The minimum atomic E-state index is -0.766. The lowest BCUT2D eigenvalue weighted by Crippen LogP contribution is -2.45. The van der Waals surface area contributed by atoms with Gasteiger partial charge in [-0.2, -0.15) is 0 Å². The summed E-state index contributed by atoms with van der Waals surface area (Å²) in [4.78, 5) is 13.6. The van der Waals surface area contributed by atoms with Gasteiger partial charge < -0.3 is 5.11 Å². The SMILES string of the molecule is Cc1ccccc1[C@@H]1c2ccccc2CCN1[C@H](C)C(=O)O. The van der Waals surface area contributed by atoms with Gasteiger partial charge in [0.1, 0.15) is 6.04 Å². The molecule has 0 fully saturated rings. The molecule has 3 heteroatoms. The van der Waals surface area contributed by atoms with Crippen molar-refractivity contribution in [1.82, 2.24) is 4.90 Å². The Morgan fingerprint density at radius 2 is 1.77 bits per heavy atom. The zero-order valence-corrected chi connectivity index (χ0v) is 13.0. The van der Waals surface area contributed by atoms with E-state index in [0.717, 1.165) is 13.0 Å². The van der Waals surface area contributed by atoms with Crippen LogP contribution in [0.1, 0.15) is 35.2 Å². The summed E-state index contributed by atoms with van der Waals surface area (Å²) in [5.74, 6) is -0.766. The van der Waals surface area contributed by atoms with Crippen LogP contribution < -0.4 is 0 Å². The van der Waals surface area contributed by atoms with Crippen LogP contribution in [-0.4, -0.2) is 28.6 Å². The van der Waals surface area contributed by atoms with Crippen molar-refractivity contribution in [1.29, 1.82) is 0 Å². The van der Waals surface area contributed by atoms with Crippen molar-refractivity contribution in [2.75, 3.05) is 6.54 Å². The lowest BCUT2D eigenvalue weighted by atomic mass is 9.85. The third-order valence-electron chi connectivity index (χ3n) is 4.66. The topological polar surface area (TPSA) is 40.5 Å². The van der Waals surface area contributed by atoms with Crippen molar-refractivity contribution in [2.24, 2.45) is 0 Å². The molecule has 0 aliphatic carbocycles. The number of aryl methyl sites for hydroxylation is 1. The number of aliphatic carboxylic acids is 1. The van der Waals surface area contributed by atoms with Crippen molar-refractivity contribution < 1.29 is 9.90 Å². The van der Waals surface area contributed by atoms with Crippen LogP contribution in [0.3, 0.4) is 0 Å². The van der Waals surface area contributed by atoms with Crippen LogP contribution >= 0.6 is 0 Å². The van der Waals surface area contributed by atoms with Crippen molar-refractivity contribution in [3.8, 4) is 0 Å². The van der Waals surface area contributed by atoms with E-state index in [4.69, 9.17) is 0 Å². The molecule has 0 unspecified atom stereocenters. The van der Waals surface area contributed by atoms with E-state index in [2.05, 4.69) is 42.2 Å². The second-order valence-electron chi connectivity index (χ2n) is 5.96. The first-order valence-corrected chi connectivity index (χ1v) is 7.71. The predicted molar refractivity (Wildman–Crippen MR) is 87.0 cm³/mol. The molecule has 3 nitrogen and oxygen atoms in total. The molecule has 2 aromatic carbocycles. The first-order valence-electron chi connectivity index (χ1n) is 7.71. The Kier molecular flexibility index (Phi) is 3.99. The second-order valence-corrected chi connectivity index (χ2v) is 5.96. The first kappa shape index (κ1) is 14.8. The van der Waals surface area contributed by atoms with Crippen molar-refractivity contribution in [3.05, 3.63) is 70.8 Å². The van der Waals surface area contributed by atoms with E-state index in [0.29, 0.717) is 0 Å². The molecule has 1 aliphatic rings. The molecule has 0 amide bonds. The lowest BCUT2D eigenvalue weighted by molar-refractivity contribution is -0.143. The smallest absolute Gasteiger partial charge is 0.320 e. The molecule has 22 heavy (non-hydrogen) atoms. The Labute approximate surface area is 131 Å². The molecule has 0 bridgehead atoms. The average molecular weight is 295 g/mol. The number of fused-ring (bicyclic) bond motifs is 1. The Hall–Kier alpha value is -2.13. The van der Waals surface area contributed by atoms with Gasteiger partial charge in [-0.15, -0.1) is 0 Å². The number of carboxylic acid groups (broad SMARTS) is 1. The number of hydrogen-bond acceptors (Lipinski definition) is 2. The van der Waals surface area contributed by atoms with E-state index in [-0.39, 0.29) is 6.04 Å². The zero-order chi connectivity index (χ0) is 15.7. The molecule has 1 heterocycles. The number of hydrogen-bond donors (Lipinski definition) is 1. The van der Waals surface area contributed by atoms with E-state index < -0.39 is 12.0 Å². The van der Waals surface area contributed by atoms with Gasteiger partial charge in [-0.25, -0.2) is 0 Å². The largest absolute Gasteiger partial charge is 0.480 e. The fraction of sp³-hybridized carbons (Fsp3) is 0.316. The van der Waals surface area contributed by atoms with E-state index in [9.17, 15) is 9.90 Å². The highest BCUT2D eigenvalue weighted by Crippen LogP contribution is 2.37. The molecule has 0 saturated heterocycles. The third-order valence-corrected chi connectivity index (χ3v) is 4.66. The highest BCUT2D eigenvalue weighted by molar-refractivity contribution is 5.73. The molecule has 1 aliphatic heterocycles. The van der Waals surface area contributed by atoms with E-state index >= 15 is 0 Å². The van der Waals surface area contributed by atoms with Crippen LogP contribution in [-0.2, 0) is 11.2 Å². The number of carboxylic acids is 1. The number of rotatable bonds is 3. The Balaban J connectivity index is 2.14. The quantitative estimate of drug-likeness (QED) is 0.943. The molecule has 2 aromatic rings. The van der Waals surface area contributed by atoms with Gasteiger partial charge in [0.05, 0.1) is 6.04 Å². The standard InChI is InChI=1S/C19H21NO2/c1-13-7-3-5-9-16(13)18-17-10-6-4-8-15(17)11-12-20(18)14(2)19(21)22/h3-10,14,18H,11-12H2,1-2H3,(H,21,22)/t14-,18-/m1/s1. The molecule has 114 valence electrons. The fourth-order valence-electron chi connectivity index (χ4n) is 3.38. The molecule has 0 saturated carbocycles. The minimum absolute atomic E-state index is 0.0113. The molecular weight excluding hydrogens is 274 g/mol. The minimum Gasteiger partial charge on any atom is -0.480 e. The zero-order valence-electron chi connectivity index (χ0n) is 13.0. The molecule has 0 radical (unpaired) electrons. The molecule has 0 aromatic heterocycles. The van der Waals surface area contributed by atoms with Gasteiger partial charge in [-0.1, -0.05) is 48.5 Å². The Bertz CT molecular complexity index is 695. The maximum atomic E-state index is 11.5. The van der Waals surface area contributed by atoms with E-state index in [1.54, 1.807) is 6.92 Å². The molecule has 3 rings (SSSR count). The van der Waals surface area contributed by atoms with Crippen LogP contribution in [0.5, 0.6) is 0 Å².